The molecule has 0 aromatic heterocycles. The molecule has 0 saturated heterocycles. The van der Waals surface area contributed by atoms with Crippen LogP contribution in [0.4, 0.5) is 0 Å². The molecule has 0 unspecified atom stereocenters. The maximum absolute atomic E-state index is 5.89. The largest absolute Gasteiger partial charge is 2.00 e. The van der Waals surface area contributed by atoms with Crippen molar-refractivity contribution in [1.82, 2.24) is 0 Å². The summed E-state index contributed by atoms with van der Waals surface area (Å²) in [7, 11) is 0. The van der Waals surface area contributed by atoms with E-state index in [0.29, 0.717) is 6.61 Å². The van der Waals surface area contributed by atoms with E-state index in [9.17, 15) is 0 Å². The number of para-hydroxylation sites is 1. The smallest absolute Gasteiger partial charge is 1.00 e. The second-order valence-electron chi connectivity index (χ2n) is 5.44. The first-order valence-electron chi connectivity index (χ1n) is 6.25. The standard InChI is InChI=1S/C17H19O.BrH.Mg/c1-17(2,3)15-11-7-8-12-16(15)18-13-14-9-5-4-6-10-14;;/h4-11H,13H2,1-3H3;1H;/q-1;;+2/p-1. The van der Waals surface area contributed by atoms with Crippen molar-refractivity contribution in [2.24, 2.45) is 0 Å². The van der Waals surface area contributed by atoms with Crippen LogP contribution in [0.15, 0.2) is 48.5 Å². The van der Waals surface area contributed by atoms with Gasteiger partial charge < -0.3 is 21.7 Å². The average Bonchev–Trinajstić information content (AvgIpc) is 2.37. The molecule has 0 radical (unpaired) electrons. The molecule has 0 heterocycles. The van der Waals surface area contributed by atoms with Crippen molar-refractivity contribution in [3.05, 3.63) is 65.7 Å². The second-order valence-corrected chi connectivity index (χ2v) is 5.44. The van der Waals surface area contributed by atoms with E-state index in [-0.39, 0.29) is 45.4 Å². The zero-order chi connectivity index (χ0) is 13.0. The summed E-state index contributed by atoms with van der Waals surface area (Å²) in [6.07, 6.45) is 0. The summed E-state index contributed by atoms with van der Waals surface area (Å²) in [5, 5.41) is 0. The first-order chi connectivity index (χ1) is 8.57. The third kappa shape index (κ3) is 5.47. The van der Waals surface area contributed by atoms with Gasteiger partial charge in [0, 0.05) is 5.75 Å². The van der Waals surface area contributed by atoms with Gasteiger partial charge in [-0.1, -0.05) is 56.5 Å². The molecule has 0 amide bonds. The summed E-state index contributed by atoms with van der Waals surface area (Å²) in [5.41, 5.74) is 2.44. The first-order valence-corrected chi connectivity index (χ1v) is 6.25. The van der Waals surface area contributed by atoms with Crippen LogP contribution in [0, 0.1) is 6.07 Å². The van der Waals surface area contributed by atoms with Crippen LogP contribution in [0.25, 0.3) is 0 Å². The topological polar surface area (TPSA) is 9.23 Å². The Balaban J connectivity index is 0.00000180. The molecule has 2 aromatic carbocycles. The van der Waals surface area contributed by atoms with Crippen LogP contribution < -0.4 is 21.7 Å². The van der Waals surface area contributed by atoms with Crippen LogP contribution >= 0.6 is 0 Å². The number of ether oxygens (including phenoxy) is 1. The molecule has 0 N–H and O–H groups in total. The Hall–Kier alpha value is -0.514. The number of hydrogen-bond acceptors (Lipinski definition) is 1. The molecule has 1 nitrogen and oxygen atoms in total. The molecule has 0 aliphatic rings. The summed E-state index contributed by atoms with van der Waals surface area (Å²) >= 11 is 0. The summed E-state index contributed by atoms with van der Waals surface area (Å²) in [6.45, 7) is 7.15. The Bertz CT molecular complexity index is 506. The van der Waals surface area contributed by atoms with Crippen LogP contribution in [-0.2, 0) is 12.0 Å². The van der Waals surface area contributed by atoms with Gasteiger partial charge in [-0.15, -0.1) is 11.6 Å². The van der Waals surface area contributed by atoms with Crippen LogP contribution in [0.2, 0.25) is 0 Å². The number of benzene rings is 2. The van der Waals surface area contributed by atoms with E-state index in [1.165, 1.54) is 11.1 Å². The minimum Gasteiger partial charge on any atom is -1.00 e. The molecule has 0 saturated carbocycles. The van der Waals surface area contributed by atoms with Crippen LogP contribution in [0.1, 0.15) is 31.9 Å². The van der Waals surface area contributed by atoms with Gasteiger partial charge in [0.15, 0.2) is 0 Å². The summed E-state index contributed by atoms with van der Waals surface area (Å²) in [5.74, 6) is 0.855. The van der Waals surface area contributed by atoms with Crippen LogP contribution in [0.5, 0.6) is 5.75 Å². The van der Waals surface area contributed by atoms with Crippen LogP contribution in [0.3, 0.4) is 0 Å². The minimum absolute atomic E-state index is 0. The van der Waals surface area contributed by atoms with Crippen molar-refractivity contribution >= 4 is 23.1 Å². The monoisotopic (exact) mass is 342 g/mol. The number of hydrogen-bond donors (Lipinski definition) is 0. The molecular formula is C17H19BrMgO. The SMILES string of the molecule is CC(C)(C)c1ccc[c-]c1OCc1ccccc1.[Br-].[Mg+2]. The molecule has 2 rings (SSSR count). The molecule has 0 bridgehead atoms. The van der Waals surface area contributed by atoms with Crippen molar-refractivity contribution in [3.8, 4) is 5.75 Å². The van der Waals surface area contributed by atoms with Crippen molar-refractivity contribution in [2.45, 2.75) is 32.8 Å². The van der Waals surface area contributed by atoms with E-state index in [2.05, 4.69) is 45.0 Å². The zero-order valence-corrected chi connectivity index (χ0v) is 15.3. The minimum atomic E-state index is 0. The Morgan fingerprint density at radius 1 is 1.00 bits per heavy atom. The van der Waals surface area contributed by atoms with Gasteiger partial charge in [-0.3, -0.25) is 0 Å². The number of halogens is 1. The van der Waals surface area contributed by atoms with Gasteiger partial charge in [0.2, 0.25) is 0 Å². The fraction of sp³-hybridized carbons (Fsp3) is 0.294. The molecule has 0 atom stereocenters. The third-order valence-corrected chi connectivity index (χ3v) is 2.85. The quantitative estimate of drug-likeness (QED) is 0.596. The maximum Gasteiger partial charge on any atom is 2.00 e. The van der Waals surface area contributed by atoms with Crippen molar-refractivity contribution < 1.29 is 21.7 Å². The normalized spacial score (nSPS) is 10.2. The molecular weight excluding hydrogens is 324 g/mol. The fourth-order valence-electron chi connectivity index (χ4n) is 1.86. The van der Waals surface area contributed by atoms with Gasteiger partial charge in [-0.2, -0.15) is 18.2 Å². The summed E-state index contributed by atoms with van der Waals surface area (Å²) in [6, 6.07) is 19.4. The van der Waals surface area contributed by atoms with Crippen molar-refractivity contribution in [3.63, 3.8) is 0 Å². The predicted molar refractivity (Wildman–Crippen MR) is 80.5 cm³/mol. The van der Waals surface area contributed by atoms with Crippen molar-refractivity contribution in [1.29, 1.82) is 0 Å². The van der Waals surface area contributed by atoms with Crippen LogP contribution in [-0.4, -0.2) is 23.1 Å². The van der Waals surface area contributed by atoms with E-state index in [4.69, 9.17) is 4.74 Å². The summed E-state index contributed by atoms with van der Waals surface area (Å²) in [4.78, 5) is 0. The number of rotatable bonds is 3. The zero-order valence-electron chi connectivity index (χ0n) is 12.3. The van der Waals surface area contributed by atoms with Gasteiger partial charge >= 0.3 is 23.1 Å². The molecule has 0 spiro atoms. The van der Waals surface area contributed by atoms with Gasteiger partial charge in [0.1, 0.15) is 6.61 Å². The molecule has 0 fully saturated rings. The Morgan fingerprint density at radius 3 is 2.25 bits per heavy atom. The van der Waals surface area contributed by atoms with Gasteiger partial charge in [0.25, 0.3) is 0 Å². The fourth-order valence-corrected chi connectivity index (χ4v) is 1.86. The molecule has 2 aromatic rings. The molecule has 3 heteroatoms. The van der Waals surface area contributed by atoms with E-state index >= 15 is 0 Å². The third-order valence-electron chi connectivity index (χ3n) is 2.85. The summed E-state index contributed by atoms with van der Waals surface area (Å²) < 4.78 is 5.89. The van der Waals surface area contributed by atoms with E-state index in [1.807, 2.05) is 30.3 Å². The van der Waals surface area contributed by atoms with E-state index in [0.717, 1.165) is 5.75 Å². The second kappa shape index (κ2) is 8.70. The Morgan fingerprint density at radius 2 is 1.65 bits per heavy atom. The first kappa shape index (κ1) is 19.5. The predicted octanol–water partition coefficient (Wildman–Crippen LogP) is 0.986. The van der Waals surface area contributed by atoms with Gasteiger partial charge in [-0.05, 0) is 5.56 Å². The van der Waals surface area contributed by atoms with Crippen molar-refractivity contribution in [2.75, 3.05) is 0 Å². The Kier molecular flexibility index (Phi) is 8.48. The van der Waals surface area contributed by atoms with Gasteiger partial charge in [0.05, 0.1) is 0 Å². The molecule has 20 heavy (non-hydrogen) atoms. The molecule has 102 valence electrons. The molecule has 0 aliphatic heterocycles. The van der Waals surface area contributed by atoms with E-state index < -0.39 is 0 Å². The maximum atomic E-state index is 5.89. The molecule has 0 aliphatic carbocycles. The van der Waals surface area contributed by atoms with E-state index in [1.54, 1.807) is 0 Å². The Labute approximate surface area is 148 Å². The van der Waals surface area contributed by atoms with Gasteiger partial charge in [-0.25, -0.2) is 0 Å². The average molecular weight is 344 g/mol.